The Hall–Kier alpha value is -1.88. The van der Waals surface area contributed by atoms with E-state index in [1.807, 2.05) is 33.0 Å². The van der Waals surface area contributed by atoms with Crippen LogP contribution in [0, 0.1) is 13.8 Å². The first-order valence-corrected chi connectivity index (χ1v) is 5.87. The summed E-state index contributed by atoms with van der Waals surface area (Å²) in [7, 11) is 2.02. The minimum absolute atomic E-state index is 0.596. The molecule has 0 radical (unpaired) electrons. The van der Waals surface area contributed by atoms with Gasteiger partial charge in [0.15, 0.2) is 0 Å². The smallest absolute Gasteiger partial charge is 0.133 e. The summed E-state index contributed by atoms with van der Waals surface area (Å²) in [6.07, 6.45) is 1.73. The predicted octanol–water partition coefficient (Wildman–Crippen LogP) is 1.90. The minimum Gasteiger partial charge on any atom is -0.383 e. The van der Waals surface area contributed by atoms with Crippen molar-refractivity contribution in [3.8, 4) is 0 Å². The zero-order valence-electron chi connectivity index (χ0n) is 11.0. The third-order valence-electron chi connectivity index (χ3n) is 2.86. The molecule has 2 rings (SSSR count). The average molecular weight is 246 g/mol. The monoisotopic (exact) mass is 246 g/mol. The van der Waals surface area contributed by atoms with Gasteiger partial charge in [0, 0.05) is 30.9 Å². The number of pyridine rings is 1. The van der Waals surface area contributed by atoms with Crippen molar-refractivity contribution >= 4 is 5.82 Å². The molecule has 96 valence electrons. The van der Waals surface area contributed by atoms with Crippen molar-refractivity contribution in [3.63, 3.8) is 0 Å². The lowest BCUT2D eigenvalue weighted by atomic mass is 10.1. The number of aromatic nitrogens is 2. The SMILES string of the molecule is Cc1cc(CN(C)Cc2c(C)ccnc2N)no1. The molecule has 0 bridgehead atoms. The molecule has 0 atom stereocenters. The van der Waals surface area contributed by atoms with Crippen LogP contribution in [0.2, 0.25) is 0 Å². The zero-order valence-corrected chi connectivity index (χ0v) is 11.0. The molecule has 0 fully saturated rings. The largest absolute Gasteiger partial charge is 0.383 e. The van der Waals surface area contributed by atoms with Crippen molar-refractivity contribution in [1.29, 1.82) is 0 Å². The van der Waals surface area contributed by atoms with Crippen molar-refractivity contribution in [1.82, 2.24) is 15.0 Å². The van der Waals surface area contributed by atoms with Crippen LogP contribution >= 0.6 is 0 Å². The van der Waals surface area contributed by atoms with Gasteiger partial charge < -0.3 is 10.3 Å². The number of hydrogen-bond donors (Lipinski definition) is 1. The summed E-state index contributed by atoms with van der Waals surface area (Å²) < 4.78 is 5.05. The molecule has 0 aliphatic carbocycles. The average Bonchev–Trinajstić information content (AvgIpc) is 2.69. The molecule has 0 saturated heterocycles. The first kappa shape index (κ1) is 12.6. The van der Waals surface area contributed by atoms with Crippen LogP contribution in [-0.4, -0.2) is 22.1 Å². The van der Waals surface area contributed by atoms with Gasteiger partial charge >= 0.3 is 0 Å². The van der Waals surface area contributed by atoms with E-state index >= 15 is 0 Å². The van der Waals surface area contributed by atoms with Gasteiger partial charge in [-0.25, -0.2) is 4.98 Å². The molecule has 2 aromatic heterocycles. The summed E-state index contributed by atoms with van der Waals surface area (Å²) in [5.41, 5.74) is 9.05. The van der Waals surface area contributed by atoms with E-state index in [0.29, 0.717) is 5.82 Å². The van der Waals surface area contributed by atoms with E-state index in [2.05, 4.69) is 15.0 Å². The van der Waals surface area contributed by atoms with E-state index in [9.17, 15) is 0 Å². The first-order chi connectivity index (χ1) is 8.56. The van der Waals surface area contributed by atoms with Gasteiger partial charge in [-0.1, -0.05) is 5.16 Å². The molecule has 18 heavy (non-hydrogen) atoms. The van der Waals surface area contributed by atoms with E-state index in [4.69, 9.17) is 10.3 Å². The first-order valence-electron chi connectivity index (χ1n) is 5.87. The second kappa shape index (κ2) is 5.18. The Labute approximate surface area is 107 Å². The number of nitrogen functional groups attached to an aromatic ring is 1. The summed E-state index contributed by atoms with van der Waals surface area (Å²) in [6, 6.07) is 3.91. The highest BCUT2D eigenvalue weighted by atomic mass is 16.5. The predicted molar refractivity (Wildman–Crippen MR) is 69.8 cm³/mol. The van der Waals surface area contributed by atoms with Gasteiger partial charge in [-0.05, 0) is 32.5 Å². The molecule has 5 nitrogen and oxygen atoms in total. The Kier molecular flexibility index (Phi) is 3.62. The number of rotatable bonds is 4. The van der Waals surface area contributed by atoms with Gasteiger partial charge in [-0.2, -0.15) is 0 Å². The molecule has 2 aromatic rings. The Morgan fingerprint density at radius 3 is 2.72 bits per heavy atom. The highest BCUT2D eigenvalue weighted by Gasteiger charge is 2.10. The minimum atomic E-state index is 0.596. The second-order valence-corrected chi connectivity index (χ2v) is 4.59. The fourth-order valence-electron chi connectivity index (χ4n) is 1.91. The van der Waals surface area contributed by atoms with Gasteiger partial charge in [0.2, 0.25) is 0 Å². The van der Waals surface area contributed by atoms with Crippen LogP contribution in [0.25, 0.3) is 0 Å². The summed E-state index contributed by atoms with van der Waals surface area (Å²) in [5.74, 6) is 1.42. The fraction of sp³-hybridized carbons (Fsp3) is 0.385. The number of nitrogens with two attached hydrogens (primary N) is 1. The highest BCUT2D eigenvalue weighted by molar-refractivity contribution is 5.43. The molecule has 2 heterocycles. The van der Waals surface area contributed by atoms with Gasteiger partial charge in [0.1, 0.15) is 11.6 Å². The molecule has 0 amide bonds. The van der Waals surface area contributed by atoms with Crippen molar-refractivity contribution in [3.05, 3.63) is 40.9 Å². The number of aryl methyl sites for hydroxylation is 2. The van der Waals surface area contributed by atoms with Gasteiger partial charge in [0.05, 0.1) is 5.69 Å². The Morgan fingerprint density at radius 2 is 2.11 bits per heavy atom. The van der Waals surface area contributed by atoms with Gasteiger partial charge in [-0.15, -0.1) is 0 Å². The third kappa shape index (κ3) is 2.87. The molecular formula is C13H18N4O. The van der Waals surface area contributed by atoms with Crippen molar-refractivity contribution < 1.29 is 4.52 Å². The van der Waals surface area contributed by atoms with E-state index in [1.54, 1.807) is 6.20 Å². The molecule has 0 unspecified atom stereocenters. The maximum atomic E-state index is 5.90. The molecular weight excluding hydrogens is 228 g/mol. The fourth-order valence-corrected chi connectivity index (χ4v) is 1.91. The number of anilines is 1. The maximum absolute atomic E-state index is 5.90. The topological polar surface area (TPSA) is 68.2 Å². The molecule has 0 aliphatic rings. The zero-order chi connectivity index (χ0) is 13.1. The summed E-state index contributed by atoms with van der Waals surface area (Å²) in [6.45, 7) is 5.41. The van der Waals surface area contributed by atoms with E-state index in [0.717, 1.165) is 35.7 Å². The Bertz CT molecular complexity index is 515. The number of nitrogens with zero attached hydrogens (tertiary/aromatic N) is 3. The van der Waals surface area contributed by atoms with Crippen LogP contribution in [0.5, 0.6) is 0 Å². The standard InChI is InChI=1S/C13H18N4O/c1-9-4-5-15-13(14)12(9)8-17(3)7-11-6-10(2)18-16-11/h4-6H,7-8H2,1-3H3,(H2,14,15). The molecule has 0 spiro atoms. The number of hydrogen-bond acceptors (Lipinski definition) is 5. The van der Waals surface area contributed by atoms with Crippen LogP contribution < -0.4 is 5.73 Å². The van der Waals surface area contributed by atoms with Gasteiger partial charge in [-0.3, -0.25) is 4.90 Å². The van der Waals surface area contributed by atoms with Crippen LogP contribution in [0.3, 0.4) is 0 Å². The van der Waals surface area contributed by atoms with Crippen molar-refractivity contribution in [2.45, 2.75) is 26.9 Å². The molecule has 0 saturated carbocycles. The van der Waals surface area contributed by atoms with Crippen LogP contribution in [0.1, 0.15) is 22.6 Å². The Balaban J connectivity index is 2.05. The lowest BCUT2D eigenvalue weighted by molar-refractivity contribution is 0.301. The lowest BCUT2D eigenvalue weighted by Gasteiger charge is -2.17. The van der Waals surface area contributed by atoms with E-state index in [-0.39, 0.29) is 0 Å². The lowest BCUT2D eigenvalue weighted by Crippen LogP contribution is -2.19. The molecule has 2 N–H and O–H groups in total. The van der Waals surface area contributed by atoms with Crippen LogP contribution in [-0.2, 0) is 13.1 Å². The quantitative estimate of drug-likeness (QED) is 0.892. The summed E-state index contributed by atoms with van der Waals surface area (Å²) in [5, 5.41) is 3.98. The van der Waals surface area contributed by atoms with Gasteiger partial charge in [0.25, 0.3) is 0 Å². The van der Waals surface area contributed by atoms with E-state index in [1.165, 1.54) is 0 Å². The Morgan fingerprint density at radius 1 is 1.33 bits per heavy atom. The third-order valence-corrected chi connectivity index (χ3v) is 2.86. The molecule has 5 heteroatoms. The van der Waals surface area contributed by atoms with Crippen LogP contribution in [0.4, 0.5) is 5.82 Å². The van der Waals surface area contributed by atoms with E-state index < -0.39 is 0 Å². The second-order valence-electron chi connectivity index (χ2n) is 4.59. The molecule has 0 aliphatic heterocycles. The van der Waals surface area contributed by atoms with Crippen molar-refractivity contribution in [2.24, 2.45) is 0 Å². The van der Waals surface area contributed by atoms with Crippen LogP contribution in [0.15, 0.2) is 22.9 Å². The normalized spacial score (nSPS) is 11.1. The summed E-state index contributed by atoms with van der Waals surface area (Å²) in [4.78, 5) is 6.26. The highest BCUT2D eigenvalue weighted by Crippen LogP contribution is 2.16. The van der Waals surface area contributed by atoms with Crippen molar-refractivity contribution in [2.75, 3.05) is 12.8 Å². The maximum Gasteiger partial charge on any atom is 0.133 e. The molecule has 0 aromatic carbocycles. The summed E-state index contributed by atoms with van der Waals surface area (Å²) >= 11 is 0.